The molecule has 1 rings (SSSR count). The quantitative estimate of drug-likeness (QED) is 0.671. The Morgan fingerprint density at radius 1 is 1.62 bits per heavy atom. The molecule has 16 heavy (non-hydrogen) atoms. The van der Waals surface area contributed by atoms with E-state index < -0.39 is 5.54 Å². The molecule has 0 saturated carbocycles. The lowest BCUT2D eigenvalue weighted by Crippen LogP contribution is -2.52. The van der Waals surface area contributed by atoms with E-state index in [0.717, 1.165) is 32.7 Å². The summed E-state index contributed by atoms with van der Waals surface area (Å²) in [6.07, 6.45) is 0.992. The second-order valence-electron chi connectivity index (χ2n) is 4.97. The van der Waals surface area contributed by atoms with Gasteiger partial charge in [0.1, 0.15) is 0 Å². The van der Waals surface area contributed by atoms with Crippen molar-refractivity contribution in [1.82, 2.24) is 10.2 Å². The molecule has 1 amide bonds. The molecular formula is C11H23N3O2. The molecule has 0 aromatic rings. The molecule has 1 aliphatic heterocycles. The maximum absolute atomic E-state index is 11.7. The van der Waals surface area contributed by atoms with E-state index in [0.29, 0.717) is 0 Å². The molecule has 1 saturated heterocycles. The van der Waals surface area contributed by atoms with Crippen LogP contribution >= 0.6 is 0 Å². The predicted octanol–water partition coefficient (Wildman–Crippen LogP) is -0.439. The zero-order valence-corrected chi connectivity index (χ0v) is 10.5. The first-order valence-corrected chi connectivity index (χ1v) is 5.74. The number of amides is 1. The Labute approximate surface area is 97.3 Å². The molecule has 5 heteroatoms. The third-order valence-electron chi connectivity index (χ3n) is 2.80. The summed E-state index contributed by atoms with van der Waals surface area (Å²) in [5.41, 5.74) is 4.93. The van der Waals surface area contributed by atoms with Gasteiger partial charge in [0.2, 0.25) is 5.91 Å². The zero-order valence-electron chi connectivity index (χ0n) is 10.5. The minimum absolute atomic E-state index is 0.0777. The van der Waals surface area contributed by atoms with Crippen LogP contribution in [0.3, 0.4) is 0 Å². The van der Waals surface area contributed by atoms with Gasteiger partial charge in [0, 0.05) is 32.8 Å². The van der Waals surface area contributed by atoms with Crippen LogP contribution < -0.4 is 11.1 Å². The number of likely N-dealkylation sites (tertiary alicyclic amines) is 1. The normalized spacial score (nSPS) is 22.4. The van der Waals surface area contributed by atoms with Gasteiger partial charge in [-0.15, -0.1) is 0 Å². The van der Waals surface area contributed by atoms with E-state index in [9.17, 15) is 4.79 Å². The maximum Gasteiger partial charge on any atom is 0.239 e. The third-order valence-corrected chi connectivity index (χ3v) is 2.80. The summed E-state index contributed by atoms with van der Waals surface area (Å²) >= 11 is 0. The van der Waals surface area contributed by atoms with Gasteiger partial charge in [-0.25, -0.2) is 0 Å². The maximum atomic E-state index is 11.7. The van der Waals surface area contributed by atoms with Crippen molar-refractivity contribution in [2.45, 2.75) is 31.8 Å². The van der Waals surface area contributed by atoms with Crippen LogP contribution in [-0.2, 0) is 9.53 Å². The summed E-state index contributed by atoms with van der Waals surface area (Å²) < 4.78 is 5.03. The van der Waals surface area contributed by atoms with Gasteiger partial charge in [-0.2, -0.15) is 0 Å². The van der Waals surface area contributed by atoms with E-state index in [4.69, 9.17) is 10.5 Å². The highest BCUT2D eigenvalue weighted by Gasteiger charge is 2.28. The largest absolute Gasteiger partial charge is 0.383 e. The van der Waals surface area contributed by atoms with Gasteiger partial charge in [0.15, 0.2) is 0 Å². The molecule has 3 N–H and O–H groups in total. The first-order valence-electron chi connectivity index (χ1n) is 5.74. The third kappa shape index (κ3) is 4.08. The van der Waals surface area contributed by atoms with Gasteiger partial charge < -0.3 is 15.8 Å². The molecule has 0 aliphatic carbocycles. The van der Waals surface area contributed by atoms with Gasteiger partial charge in [-0.05, 0) is 20.3 Å². The Bertz CT molecular complexity index is 238. The Kier molecular flexibility index (Phi) is 4.70. The lowest BCUT2D eigenvalue weighted by atomic mass is 10.1. The highest BCUT2D eigenvalue weighted by Crippen LogP contribution is 2.09. The molecule has 0 bridgehead atoms. The fourth-order valence-electron chi connectivity index (χ4n) is 1.75. The summed E-state index contributed by atoms with van der Waals surface area (Å²) in [4.78, 5) is 14.0. The summed E-state index contributed by atoms with van der Waals surface area (Å²) in [5.74, 6) is -0.0777. The smallest absolute Gasteiger partial charge is 0.239 e. The predicted molar refractivity (Wildman–Crippen MR) is 63.1 cm³/mol. The van der Waals surface area contributed by atoms with Gasteiger partial charge >= 0.3 is 0 Å². The number of rotatable bonds is 5. The number of nitrogens with one attached hydrogen (secondary N) is 1. The SMILES string of the molecule is COCCN1CCC(NC(=O)C(C)(C)N)C1. The number of methoxy groups -OCH3 is 1. The number of hydrogen-bond donors (Lipinski definition) is 2. The van der Waals surface area contributed by atoms with Crippen molar-refractivity contribution in [2.75, 3.05) is 33.4 Å². The van der Waals surface area contributed by atoms with Crippen LogP contribution in [0, 0.1) is 0 Å². The molecule has 5 nitrogen and oxygen atoms in total. The van der Waals surface area contributed by atoms with E-state index in [1.165, 1.54) is 0 Å². The number of nitrogens with zero attached hydrogens (tertiary/aromatic N) is 1. The molecule has 1 fully saturated rings. The Morgan fingerprint density at radius 3 is 2.88 bits per heavy atom. The van der Waals surface area contributed by atoms with E-state index in [2.05, 4.69) is 10.2 Å². The average Bonchev–Trinajstić information content (AvgIpc) is 2.61. The molecule has 0 spiro atoms. The summed E-state index contributed by atoms with van der Waals surface area (Å²) in [6, 6.07) is 0.229. The van der Waals surface area contributed by atoms with Crippen molar-refractivity contribution in [3.8, 4) is 0 Å². The monoisotopic (exact) mass is 229 g/mol. The molecule has 0 aromatic heterocycles. The van der Waals surface area contributed by atoms with Crippen LogP contribution in [0.25, 0.3) is 0 Å². The molecule has 1 unspecified atom stereocenters. The number of nitrogens with two attached hydrogens (primary N) is 1. The topological polar surface area (TPSA) is 67.6 Å². The lowest BCUT2D eigenvalue weighted by molar-refractivity contribution is -0.125. The minimum Gasteiger partial charge on any atom is -0.383 e. The van der Waals surface area contributed by atoms with E-state index in [1.54, 1.807) is 21.0 Å². The van der Waals surface area contributed by atoms with E-state index >= 15 is 0 Å². The van der Waals surface area contributed by atoms with Gasteiger partial charge in [-0.3, -0.25) is 9.69 Å². The molecule has 1 atom stereocenters. The highest BCUT2D eigenvalue weighted by atomic mass is 16.5. The molecule has 0 aromatic carbocycles. The minimum atomic E-state index is -0.792. The zero-order chi connectivity index (χ0) is 12.2. The standard InChI is InChI=1S/C11H23N3O2/c1-11(2,12)10(15)13-9-4-5-14(8-9)6-7-16-3/h9H,4-8,12H2,1-3H3,(H,13,15). The van der Waals surface area contributed by atoms with Crippen molar-refractivity contribution >= 4 is 5.91 Å². The summed E-state index contributed by atoms with van der Waals surface area (Å²) in [5, 5.41) is 2.98. The fraction of sp³-hybridized carbons (Fsp3) is 0.909. The Balaban J connectivity index is 2.29. The number of ether oxygens (including phenoxy) is 1. The van der Waals surface area contributed by atoms with E-state index in [1.807, 2.05) is 0 Å². The lowest BCUT2D eigenvalue weighted by Gasteiger charge is -2.22. The van der Waals surface area contributed by atoms with Crippen LogP contribution in [0.15, 0.2) is 0 Å². The van der Waals surface area contributed by atoms with Crippen LogP contribution in [0.1, 0.15) is 20.3 Å². The summed E-state index contributed by atoms with van der Waals surface area (Å²) in [7, 11) is 1.70. The number of carbonyl (C=O) groups excluding carboxylic acids is 1. The molecule has 1 heterocycles. The highest BCUT2D eigenvalue weighted by molar-refractivity contribution is 5.85. The van der Waals surface area contributed by atoms with Gasteiger partial charge in [0.05, 0.1) is 12.1 Å². The fourth-order valence-corrected chi connectivity index (χ4v) is 1.75. The van der Waals surface area contributed by atoms with Crippen molar-refractivity contribution < 1.29 is 9.53 Å². The Morgan fingerprint density at radius 2 is 2.31 bits per heavy atom. The van der Waals surface area contributed by atoms with Gasteiger partial charge in [0.25, 0.3) is 0 Å². The molecule has 94 valence electrons. The second kappa shape index (κ2) is 5.61. The van der Waals surface area contributed by atoms with Crippen molar-refractivity contribution in [2.24, 2.45) is 5.73 Å². The van der Waals surface area contributed by atoms with Crippen LogP contribution in [-0.4, -0.2) is 55.7 Å². The molecular weight excluding hydrogens is 206 g/mol. The Hall–Kier alpha value is -0.650. The first-order chi connectivity index (χ1) is 7.43. The van der Waals surface area contributed by atoms with Gasteiger partial charge in [-0.1, -0.05) is 0 Å². The molecule has 0 radical (unpaired) electrons. The van der Waals surface area contributed by atoms with Crippen LogP contribution in [0.4, 0.5) is 0 Å². The number of hydrogen-bond acceptors (Lipinski definition) is 4. The molecule has 1 aliphatic rings. The average molecular weight is 229 g/mol. The van der Waals surface area contributed by atoms with Crippen molar-refractivity contribution in [3.05, 3.63) is 0 Å². The summed E-state index contributed by atoms with van der Waals surface area (Å²) in [6.45, 7) is 7.02. The second-order valence-corrected chi connectivity index (χ2v) is 4.97. The van der Waals surface area contributed by atoms with Crippen molar-refractivity contribution in [1.29, 1.82) is 0 Å². The van der Waals surface area contributed by atoms with E-state index in [-0.39, 0.29) is 11.9 Å². The van der Waals surface area contributed by atoms with Crippen molar-refractivity contribution in [3.63, 3.8) is 0 Å². The number of carbonyl (C=O) groups is 1. The first kappa shape index (κ1) is 13.4. The van der Waals surface area contributed by atoms with Crippen LogP contribution in [0.2, 0.25) is 0 Å². The van der Waals surface area contributed by atoms with Crippen LogP contribution in [0.5, 0.6) is 0 Å².